The Morgan fingerprint density at radius 1 is 1.32 bits per heavy atom. The van der Waals surface area contributed by atoms with Crippen molar-refractivity contribution < 1.29 is 34.4 Å². The van der Waals surface area contributed by atoms with Gasteiger partial charge >= 0.3 is 0 Å². The summed E-state index contributed by atoms with van der Waals surface area (Å²) < 4.78 is 10.1. The number of ether oxygens (including phenoxy) is 2. The largest absolute Gasteiger partial charge is 0.390 e. The van der Waals surface area contributed by atoms with Gasteiger partial charge in [0.25, 0.3) is 0 Å². The van der Waals surface area contributed by atoms with Crippen molar-refractivity contribution in [2.24, 2.45) is 23.3 Å². The van der Waals surface area contributed by atoms with Crippen LogP contribution in [0.25, 0.3) is 0 Å². The maximum absolute atomic E-state index is 11.2. The first kappa shape index (κ1) is 14.2. The first-order valence-corrected chi connectivity index (χ1v) is 5.70. The average molecular weight is 276 g/mol. The van der Waals surface area contributed by atoms with Crippen molar-refractivity contribution >= 4 is 11.8 Å². The van der Waals surface area contributed by atoms with E-state index in [9.17, 15) is 24.9 Å². The lowest BCUT2D eigenvalue weighted by Gasteiger charge is -2.49. The quantitative estimate of drug-likeness (QED) is 0.353. The highest BCUT2D eigenvalue weighted by Gasteiger charge is 2.73. The maximum atomic E-state index is 11.2. The fraction of sp³-hybridized carbons (Fsp3) is 0.800. The number of rotatable bonds is 4. The summed E-state index contributed by atoms with van der Waals surface area (Å²) in [6.07, 6.45) is -5.18. The van der Waals surface area contributed by atoms with Crippen molar-refractivity contribution in [1.29, 1.82) is 0 Å². The van der Waals surface area contributed by atoms with Gasteiger partial charge < -0.3 is 36.3 Å². The summed E-state index contributed by atoms with van der Waals surface area (Å²) in [5.41, 5.74) is 10.1. The number of fused-ring (bicyclic) bond motifs is 1. The van der Waals surface area contributed by atoms with Gasteiger partial charge in [-0.05, 0) is 6.92 Å². The van der Waals surface area contributed by atoms with Crippen LogP contribution in [0.1, 0.15) is 6.92 Å². The van der Waals surface area contributed by atoms with Crippen LogP contribution < -0.4 is 11.5 Å². The summed E-state index contributed by atoms with van der Waals surface area (Å²) in [6.45, 7) is 1.37. The minimum Gasteiger partial charge on any atom is -0.390 e. The predicted octanol–water partition coefficient (Wildman–Crippen LogP) is -3.63. The first-order chi connectivity index (χ1) is 8.70. The van der Waals surface area contributed by atoms with Gasteiger partial charge in [-0.2, -0.15) is 0 Å². The number of carbonyl (C=O) groups is 2. The predicted molar refractivity (Wildman–Crippen MR) is 57.8 cm³/mol. The van der Waals surface area contributed by atoms with E-state index in [0.717, 1.165) is 0 Å². The van der Waals surface area contributed by atoms with E-state index in [4.69, 9.17) is 20.9 Å². The number of aliphatic hydroxyl groups is 3. The smallest absolute Gasteiger partial charge is 0.246 e. The number of aliphatic hydroxyl groups excluding tert-OH is 2. The molecular formula is C10H16N2O7. The number of hydrogen-bond donors (Lipinski definition) is 5. The Morgan fingerprint density at radius 2 is 1.89 bits per heavy atom. The molecule has 0 aromatic heterocycles. The van der Waals surface area contributed by atoms with E-state index >= 15 is 0 Å². The van der Waals surface area contributed by atoms with E-state index in [1.807, 2.05) is 0 Å². The summed E-state index contributed by atoms with van der Waals surface area (Å²) in [4.78, 5) is 22.0. The molecule has 9 heteroatoms. The average Bonchev–Trinajstić information content (AvgIpc) is 2.40. The van der Waals surface area contributed by atoms with E-state index in [-0.39, 0.29) is 0 Å². The van der Waals surface area contributed by atoms with Crippen molar-refractivity contribution in [1.82, 2.24) is 0 Å². The van der Waals surface area contributed by atoms with Crippen LogP contribution in [0.15, 0.2) is 0 Å². The van der Waals surface area contributed by atoms with Crippen LogP contribution in [0, 0.1) is 11.8 Å². The van der Waals surface area contributed by atoms with Crippen LogP contribution >= 0.6 is 0 Å². The molecule has 2 aliphatic rings. The molecule has 2 rings (SSSR count). The van der Waals surface area contributed by atoms with Crippen LogP contribution in [0.4, 0.5) is 0 Å². The summed E-state index contributed by atoms with van der Waals surface area (Å²) in [7, 11) is 0. The highest BCUT2D eigenvalue weighted by atomic mass is 16.8. The summed E-state index contributed by atoms with van der Waals surface area (Å²) in [5.74, 6) is -6.39. The first-order valence-electron chi connectivity index (χ1n) is 5.70. The number of nitrogens with two attached hydrogens (primary N) is 2. The van der Waals surface area contributed by atoms with Crippen molar-refractivity contribution in [3.05, 3.63) is 0 Å². The van der Waals surface area contributed by atoms with Crippen molar-refractivity contribution in [2.45, 2.75) is 37.3 Å². The van der Waals surface area contributed by atoms with Gasteiger partial charge in [0.05, 0.1) is 18.1 Å². The van der Waals surface area contributed by atoms with Gasteiger partial charge in [-0.15, -0.1) is 0 Å². The molecule has 0 bridgehead atoms. The molecule has 1 aliphatic carbocycles. The highest BCUT2D eigenvalue weighted by Crippen LogP contribution is 2.53. The third-order valence-electron chi connectivity index (χ3n) is 3.63. The molecule has 1 aliphatic heterocycles. The van der Waals surface area contributed by atoms with Crippen LogP contribution in [0.5, 0.6) is 0 Å². The fourth-order valence-corrected chi connectivity index (χ4v) is 2.55. The molecule has 1 heterocycles. The topological polar surface area (TPSA) is 165 Å². The molecule has 0 radical (unpaired) electrons. The van der Waals surface area contributed by atoms with E-state index < -0.39 is 54.0 Å². The number of amides is 2. The molecule has 7 N–H and O–H groups in total. The van der Waals surface area contributed by atoms with Crippen LogP contribution in [-0.4, -0.2) is 57.5 Å². The molecule has 2 amide bonds. The van der Waals surface area contributed by atoms with Gasteiger partial charge in [0.2, 0.25) is 11.8 Å². The van der Waals surface area contributed by atoms with Gasteiger partial charge in [-0.1, -0.05) is 0 Å². The molecule has 9 nitrogen and oxygen atoms in total. The Labute approximate surface area is 108 Å². The van der Waals surface area contributed by atoms with Crippen molar-refractivity contribution in [2.75, 3.05) is 0 Å². The van der Waals surface area contributed by atoms with Crippen molar-refractivity contribution in [3.63, 3.8) is 0 Å². The Morgan fingerprint density at radius 3 is 2.37 bits per heavy atom. The Hall–Kier alpha value is -1.26. The number of carbonyl (C=O) groups excluding carboxylic acids is 2. The molecule has 108 valence electrons. The van der Waals surface area contributed by atoms with E-state index in [1.54, 1.807) is 0 Å². The van der Waals surface area contributed by atoms with Crippen LogP contribution in [0.2, 0.25) is 0 Å². The summed E-state index contributed by atoms with van der Waals surface area (Å²) in [6, 6.07) is 0. The SMILES string of the molecule is CC(O[C@@H]1OC2(O)C1C(O)[C@H](O)C2C(N)=O)C(N)=O. The molecule has 0 spiro atoms. The molecule has 0 aromatic rings. The lowest BCUT2D eigenvalue weighted by Crippen LogP contribution is -2.65. The molecule has 0 aromatic carbocycles. The molecular weight excluding hydrogens is 260 g/mol. The Balaban J connectivity index is 2.14. The Kier molecular flexibility index (Phi) is 3.27. The molecule has 7 atom stereocenters. The van der Waals surface area contributed by atoms with E-state index in [0.29, 0.717) is 0 Å². The number of hydrogen-bond acceptors (Lipinski definition) is 7. The second-order valence-electron chi connectivity index (χ2n) is 4.81. The van der Waals surface area contributed by atoms with Gasteiger partial charge in [-0.25, -0.2) is 0 Å². The van der Waals surface area contributed by atoms with Gasteiger partial charge in [-0.3, -0.25) is 9.59 Å². The van der Waals surface area contributed by atoms with Crippen LogP contribution in [0.3, 0.4) is 0 Å². The minimum absolute atomic E-state index is 0.751. The summed E-state index contributed by atoms with van der Waals surface area (Å²) >= 11 is 0. The van der Waals surface area contributed by atoms with E-state index in [1.165, 1.54) is 6.92 Å². The third kappa shape index (κ3) is 1.90. The van der Waals surface area contributed by atoms with Gasteiger partial charge in [0.15, 0.2) is 12.1 Å². The lowest BCUT2D eigenvalue weighted by molar-refractivity contribution is -0.436. The maximum Gasteiger partial charge on any atom is 0.246 e. The second-order valence-corrected chi connectivity index (χ2v) is 4.81. The zero-order valence-corrected chi connectivity index (χ0v) is 10.1. The summed E-state index contributed by atoms with van der Waals surface area (Å²) in [5, 5.41) is 29.6. The normalized spacial score (nSPS) is 46.2. The third-order valence-corrected chi connectivity index (χ3v) is 3.63. The van der Waals surface area contributed by atoms with Crippen molar-refractivity contribution in [3.8, 4) is 0 Å². The van der Waals surface area contributed by atoms with Gasteiger partial charge in [0, 0.05) is 0 Å². The fourth-order valence-electron chi connectivity index (χ4n) is 2.55. The standard InChI is InChI=1S/C10H16N2O7/c1-2(7(11)15)18-9-4-6(14)5(13)3(8(12)16)10(4,17)19-9/h2-6,9,13-14,17H,1H3,(H2,11,15)(H2,12,16)/t2?,3?,4?,5-,6?,9-,10?/m1/s1. The minimum atomic E-state index is -2.09. The van der Waals surface area contributed by atoms with Gasteiger partial charge in [0.1, 0.15) is 12.0 Å². The monoisotopic (exact) mass is 276 g/mol. The lowest BCUT2D eigenvalue weighted by atomic mass is 9.88. The molecule has 1 saturated heterocycles. The molecule has 1 saturated carbocycles. The Bertz CT molecular complexity index is 417. The highest BCUT2D eigenvalue weighted by molar-refractivity contribution is 5.79. The molecule has 5 unspecified atom stereocenters. The van der Waals surface area contributed by atoms with E-state index in [2.05, 4.69) is 0 Å². The number of primary amides is 2. The molecule has 19 heavy (non-hydrogen) atoms. The second kappa shape index (κ2) is 4.39. The van der Waals surface area contributed by atoms with Crippen LogP contribution in [-0.2, 0) is 19.1 Å². The zero-order chi connectivity index (χ0) is 14.5. The molecule has 2 fully saturated rings. The zero-order valence-electron chi connectivity index (χ0n) is 10.1.